The van der Waals surface area contributed by atoms with Crippen molar-refractivity contribution in [3.05, 3.63) is 34.3 Å². The van der Waals surface area contributed by atoms with E-state index in [2.05, 4.69) is 5.32 Å². The van der Waals surface area contributed by atoms with Gasteiger partial charge in [0.2, 0.25) is 0 Å². The first-order chi connectivity index (χ1) is 9.49. The zero-order valence-corrected chi connectivity index (χ0v) is 12.7. The molecule has 4 nitrogen and oxygen atoms in total. The standard InChI is InChI=1S/C15H21ClN2O2/c1-10(19)8-9-18(2)15(20)17-14-7-6-11-12(14)4-3-5-13(11)16/h3-5,10,14,19H,6-9H2,1-2H3,(H,17,20). The first kappa shape index (κ1) is 15.1. The zero-order valence-electron chi connectivity index (χ0n) is 11.9. The number of halogens is 1. The van der Waals surface area contributed by atoms with Gasteiger partial charge in [-0.25, -0.2) is 4.79 Å². The smallest absolute Gasteiger partial charge is 0.317 e. The summed E-state index contributed by atoms with van der Waals surface area (Å²) in [6.45, 7) is 2.26. The summed E-state index contributed by atoms with van der Waals surface area (Å²) in [4.78, 5) is 13.7. The average Bonchev–Trinajstić information content (AvgIpc) is 2.80. The van der Waals surface area contributed by atoms with Gasteiger partial charge in [-0.2, -0.15) is 0 Å². The normalized spacial score (nSPS) is 18.5. The van der Waals surface area contributed by atoms with Gasteiger partial charge in [0.25, 0.3) is 0 Å². The molecule has 2 atom stereocenters. The lowest BCUT2D eigenvalue weighted by Crippen LogP contribution is -2.39. The maximum absolute atomic E-state index is 12.1. The third kappa shape index (κ3) is 3.44. The molecule has 2 unspecified atom stereocenters. The van der Waals surface area contributed by atoms with Crippen LogP contribution >= 0.6 is 11.6 Å². The first-order valence-corrected chi connectivity index (χ1v) is 7.34. The van der Waals surface area contributed by atoms with E-state index in [1.54, 1.807) is 18.9 Å². The van der Waals surface area contributed by atoms with Crippen LogP contribution < -0.4 is 5.32 Å². The Kier molecular flexibility index (Phi) is 4.89. The van der Waals surface area contributed by atoms with Crippen molar-refractivity contribution in [3.8, 4) is 0 Å². The van der Waals surface area contributed by atoms with Crippen LogP contribution in [0.3, 0.4) is 0 Å². The molecule has 1 aliphatic rings. The molecule has 0 aliphatic heterocycles. The second kappa shape index (κ2) is 6.46. The molecule has 1 aliphatic carbocycles. The molecule has 0 heterocycles. The predicted molar refractivity (Wildman–Crippen MR) is 80.0 cm³/mol. The summed E-state index contributed by atoms with van der Waals surface area (Å²) in [6, 6.07) is 5.76. The molecule has 5 heteroatoms. The van der Waals surface area contributed by atoms with Gasteiger partial charge in [-0.1, -0.05) is 23.7 Å². The minimum Gasteiger partial charge on any atom is -0.393 e. The Morgan fingerprint density at radius 3 is 3.05 bits per heavy atom. The topological polar surface area (TPSA) is 52.6 Å². The number of rotatable bonds is 4. The highest BCUT2D eigenvalue weighted by molar-refractivity contribution is 6.31. The van der Waals surface area contributed by atoms with Crippen molar-refractivity contribution in [2.24, 2.45) is 0 Å². The van der Waals surface area contributed by atoms with Crippen molar-refractivity contribution in [3.63, 3.8) is 0 Å². The fourth-order valence-corrected chi connectivity index (χ4v) is 2.78. The van der Waals surface area contributed by atoms with E-state index in [0.717, 1.165) is 29.0 Å². The Morgan fingerprint density at radius 1 is 1.60 bits per heavy atom. The molecule has 0 bridgehead atoms. The van der Waals surface area contributed by atoms with Gasteiger partial charge < -0.3 is 15.3 Å². The summed E-state index contributed by atoms with van der Waals surface area (Å²) in [5, 5.41) is 13.1. The van der Waals surface area contributed by atoms with E-state index >= 15 is 0 Å². The molecule has 0 aromatic heterocycles. The minimum atomic E-state index is -0.392. The summed E-state index contributed by atoms with van der Waals surface area (Å²) in [5.74, 6) is 0. The van der Waals surface area contributed by atoms with E-state index in [1.165, 1.54) is 0 Å². The van der Waals surface area contributed by atoms with Gasteiger partial charge in [-0.3, -0.25) is 0 Å². The Labute approximate surface area is 124 Å². The summed E-state index contributed by atoms with van der Waals surface area (Å²) >= 11 is 6.17. The molecule has 2 rings (SSSR count). The highest BCUT2D eigenvalue weighted by Gasteiger charge is 2.26. The number of benzene rings is 1. The molecule has 0 saturated carbocycles. The second-order valence-corrected chi connectivity index (χ2v) is 5.81. The number of fused-ring (bicyclic) bond motifs is 1. The Morgan fingerprint density at radius 2 is 2.35 bits per heavy atom. The van der Waals surface area contributed by atoms with E-state index < -0.39 is 6.10 Å². The maximum atomic E-state index is 12.1. The van der Waals surface area contributed by atoms with Gasteiger partial charge >= 0.3 is 6.03 Å². The van der Waals surface area contributed by atoms with E-state index in [0.29, 0.717) is 13.0 Å². The maximum Gasteiger partial charge on any atom is 0.317 e. The largest absolute Gasteiger partial charge is 0.393 e. The predicted octanol–water partition coefficient (Wildman–Crippen LogP) is 2.74. The number of hydrogen-bond donors (Lipinski definition) is 2. The minimum absolute atomic E-state index is 0.0326. The van der Waals surface area contributed by atoms with E-state index in [1.807, 2.05) is 18.2 Å². The van der Waals surface area contributed by atoms with Crippen LogP contribution in [0, 0.1) is 0 Å². The van der Waals surface area contributed by atoms with Crippen molar-refractivity contribution >= 4 is 17.6 Å². The zero-order chi connectivity index (χ0) is 14.7. The molecule has 2 amide bonds. The van der Waals surface area contributed by atoms with E-state index in [4.69, 9.17) is 11.6 Å². The van der Waals surface area contributed by atoms with Crippen molar-refractivity contribution in [1.82, 2.24) is 10.2 Å². The first-order valence-electron chi connectivity index (χ1n) is 6.96. The number of carbonyl (C=O) groups excluding carboxylic acids is 1. The fraction of sp³-hybridized carbons (Fsp3) is 0.533. The summed E-state index contributed by atoms with van der Waals surface area (Å²) < 4.78 is 0. The third-order valence-corrected chi connectivity index (χ3v) is 4.09. The van der Waals surface area contributed by atoms with Crippen LogP contribution in [-0.2, 0) is 6.42 Å². The Balaban J connectivity index is 1.96. The fourth-order valence-electron chi connectivity index (χ4n) is 2.50. The van der Waals surface area contributed by atoms with Gasteiger partial charge in [-0.05, 0) is 43.4 Å². The molecule has 0 radical (unpaired) electrons. The lowest BCUT2D eigenvalue weighted by atomic mass is 10.1. The van der Waals surface area contributed by atoms with Crippen LogP contribution in [0.2, 0.25) is 5.02 Å². The lowest BCUT2D eigenvalue weighted by molar-refractivity contribution is 0.162. The Hall–Kier alpha value is -1.26. The molecule has 1 aromatic rings. The van der Waals surface area contributed by atoms with Crippen molar-refractivity contribution < 1.29 is 9.90 Å². The van der Waals surface area contributed by atoms with Crippen LogP contribution in [0.15, 0.2) is 18.2 Å². The van der Waals surface area contributed by atoms with Crippen LogP contribution in [0.25, 0.3) is 0 Å². The molecule has 1 aromatic carbocycles. The number of aliphatic hydroxyl groups excluding tert-OH is 1. The number of nitrogens with zero attached hydrogens (tertiary/aromatic N) is 1. The molecule has 0 spiro atoms. The monoisotopic (exact) mass is 296 g/mol. The van der Waals surface area contributed by atoms with Crippen LogP contribution in [0.4, 0.5) is 4.79 Å². The molecule has 110 valence electrons. The molecule has 0 saturated heterocycles. The molecule has 0 fully saturated rings. The highest BCUT2D eigenvalue weighted by atomic mass is 35.5. The van der Waals surface area contributed by atoms with Gasteiger partial charge in [0.1, 0.15) is 0 Å². The number of urea groups is 1. The van der Waals surface area contributed by atoms with Crippen molar-refractivity contribution in [2.75, 3.05) is 13.6 Å². The third-order valence-electron chi connectivity index (χ3n) is 3.74. The lowest BCUT2D eigenvalue weighted by Gasteiger charge is -2.22. The molecule has 20 heavy (non-hydrogen) atoms. The number of amides is 2. The van der Waals surface area contributed by atoms with Crippen molar-refractivity contribution in [1.29, 1.82) is 0 Å². The highest BCUT2D eigenvalue weighted by Crippen LogP contribution is 2.35. The SMILES string of the molecule is CC(O)CCN(C)C(=O)NC1CCc2c(Cl)cccc21. The summed E-state index contributed by atoms with van der Waals surface area (Å²) in [7, 11) is 1.74. The second-order valence-electron chi connectivity index (χ2n) is 5.41. The number of hydrogen-bond acceptors (Lipinski definition) is 2. The number of carbonyl (C=O) groups is 1. The quantitative estimate of drug-likeness (QED) is 0.897. The van der Waals surface area contributed by atoms with Crippen molar-refractivity contribution in [2.45, 2.75) is 38.3 Å². The summed E-state index contributed by atoms with van der Waals surface area (Å²) in [5.41, 5.74) is 2.26. The summed E-state index contributed by atoms with van der Waals surface area (Å²) in [6.07, 6.45) is 1.97. The van der Waals surface area contributed by atoms with Crippen LogP contribution in [-0.4, -0.2) is 35.7 Å². The van der Waals surface area contributed by atoms with Gasteiger partial charge in [0, 0.05) is 18.6 Å². The van der Waals surface area contributed by atoms with Gasteiger partial charge in [0.05, 0.1) is 12.1 Å². The number of nitrogens with one attached hydrogen (secondary N) is 1. The Bertz CT molecular complexity index is 491. The molecular weight excluding hydrogens is 276 g/mol. The molecular formula is C15H21ClN2O2. The molecule has 2 N–H and O–H groups in total. The van der Waals surface area contributed by atoms with E-state index in [9.17, 15) is 9.90 Å². The van der Waals surface area contributed by atoms with Gasteiger partial charge in [-0.15, -0.1) is 0 Å². The van der Waals surface area contributed by atoms with E-state index in [-0.39, 0.29) is 12.1 Å². The van der Waals surface area contributed by atoms with Gasteiger partial charge in [0.15, 0.2) is 0 Å². The van der Waals surface area contributed by atoms with Crippen LogP contribution in [0.1, 0.15) is 36.9 Å². The average molecular weight is 297 g/mol. The van der Waals surface area contributed by atoms with Crippen LogP contribution in [0.5, 0.6) is 0 Å². The number of aliphatic hydroxyl groups is 1.